The van der Waals surface area contributed by atoms with Crippen LogP contribution in [0.5, 0.6) is 0 Å². The first-order valence-electron chi connectivity index (χ1n) is 6.29. The molecule has 1 aromatic carbocycles. The van der Waals surface area contributed by atoms with Gasteiger partial charge >= 0.3 is 0 Å². The molecule has 3 nitrogen and oxygen atoms in total. The molecule has 1 heterocycles. The molecule has 0 aliphatic heterocycles. The number of nitrogens with zero attached hydrogens (tertiary/aromatic N) is 2. The lowest BCUT2D eigenvalue weighted by molar-refractivity contribution is 0.614. The highest BCUT2D eigenvalue weighted by Crippen LogP contribution is 2.22. The van der Waals surface area contributed by atoms with Gasteiger partial charge in [0.05, 0.1) is 11.7 Å². The highest BCUT2D eigenvalue weighted by Gasteiger charge is 2.13. The molecule has 18 heavy (non-hydrogen) atoms. The zero-order chi connectivity index (χ0) is 13.3. The van der Waals surface area contributed by atoms with Gasteiger partial charge in [-0.3, -0.25) is 4.68 Å². The molecular formula is C15H21N3. The topological polar surface area (TPSA) is 43.8 Å². The summed E-state index contributed by atoms with van der Waals surface area (Å²) < 4.78 is 1.85. The van der Waals surface area contributed by atoms with Crippen LogP contribution in [0.15, 0.2) is 24.4 Å². The van der Waals surface area contributed by atoms with Gasteiger partial charge in [-0.05, 0) is 49.9 Å². The smallest absolute Gasteiger partial charge is 0.0551 e. The number of aromatic nitrogens is 2. The van der Waals surface area contributed by atoms with Crippen molar-refractivity contribution in [3.63, 3.8) is 0 Å². The first-order chi connectivity index (χ1) is 8.49. The van der Waals surface area contributed by atoms with E-state index in [1.165, 1.54) is 22.3 Å². The molecule has 0 bridgehead atoms. The van der Waals surface area contributed by atoms with Crippen LogP contribution in [-0.4, -0.2) is 9.78 Å². The third-order valence-electron chi connectivity index (χ3n) is 3.50. The lowest BCUT2D eigenvalue weighted by atomic mass is 9.94. The van der Waals surface area contributed by atoms with Crippen LogP contribution in [0.25, 0.3) is 0 Å². The fourth-order valence-corrected chi connectivity index (χ4v) is 2.60. The maximum atomic E-state index is 6.29. The summed E-state index contributed by atoms with van der Waals surface area (Å²) in [5, 5.41) is 4.17. The predicted molar refractivity (Wildman–Crippen MR) is 74.5 cm³/mol. The summed E-state index contributed by atoms with van der Waals surface area (Å²) in [4.78, 5) is 0. The van der Waals surface area contributed by atoms with E-state index in [0.29, 0.717) is 0 Å². The Bertz CT molecular complexity index is 532. The van der Waals surface area contributed by atoms with Gasteiger partial charge in [0, 0.05) is 13.2 Å². The molecule has 2 rings (SSSR count). The first kappa shape index (κ1) is 12.8. The lowest BCUT2D eigenvalue weighted by Crippen LogP contribution is -2.18. The van der Waals surface area contributed by atoms with Crippen LogP contribution in [0.3, 0.4) is 0 Å². The summed E-state index contributed by atoms with van der Waals surface area (Å²) in [6.07, 6.45) is 2.65. The molecule has 3 heteroatoms. The van der Waals surface area contributed by atoms with Crippen LogP contribution in [-0.2, 0) is 13.5 Å². The standard InChI is InChI=1S/C15H21N3/c1-10-7-11(2)13(12(3)8-10)9-14(16)15-5-6-17-18(15)4/h5-8,14H,9,16H2,1-4H3. The average molecular weight is 243 g/mol. The molecule has 0 aliphatic rings. The number of hydrogen-bond donors (Lipinski definition) is 1. The van der Waals surface area contributed by atoms with Crippen LogP contribution < -0.4 is 5.73 Å². The quantitative estimate of drug-likeness (QED) is 0.900. The molecule has 1 aromatic heterocycles. The molecule has 0 saturated heterocycles. The normalized spacial score (nSPS) is 12.7. The van der Waals surface area contributed by atoms with Gasteiger partial charge in [0.2, 0.25) is 0 Å². The van der Waals surface area contributed by atoms with Crippen LogP contribution in [0.1, 0.15) is 34.0 Å². The molecule has 1 atom stereocenters. The highest BCUT2D eigenvalue weighted by molar-refractivity contribution is 5.38. The van der Waals surface area contributed by atoms with E-state index < -0.39 is 0 Å². The van der Waals surface area contributed by atoms with Gasteiger partial charge in [0.1, 0.15) is 0 Å². The Balaban J connectivity index is 2.27. The highest BCUT2D eigenvalue weighted by atomic mass is 15.3. The zero-order valence-electron chi connectivity index (χ0n) is 11.6. The summed E-state index contributed by atoms with van der Waals surface area (Å²) in [6, 6.07) is 6.43. The molecule has 1 unspecified atom stereocenters. The number of aryl methyl sites for hydroxylation is 4. The van der Waals surface area contributed by atoms with Gasteiger partial charge in [-0.25, -0.2) is 0 Å². The number of benzene rings is 1. The van der Waals surface area contributed by atoms with Gasteiger partial charge in [-0.2, -0.15) is 5.10 Å². The van der Waals surface area contributed by atoms with E-state index in [4.69, 9.17) is 5.73 Å². The molecule has 0 spiro atoms. The minimum Gasteiger partial charge on any atom is -0.322 e. The summed E-state index contributed by atoms with van der Waals surface area (Å²) in [7, 11) is 1.93. The predicted octanol–water partition coefficient (Wildman–Crippen LogP) is 2.59. The molecule has 0 radical (unpaired) electrons. The van der Waals surface area contributed by atoms with Gasteiger partial charge in [0.15, 0.2) is 0 Å². The number of rotatable bonds is 3. The minimum atomic E-state index is -0.00222. The number of hydrogen-bond acceptors (Lipinski definition) is 2. The second-order valence-electron chi connectivity index (χ2n) is 5.07. The van der Waals surface area contributed by atoms with E-state index in [0.717, 1.165) is 12.1 Å². The second-order valence-corrected chi connectivity index (χ2v) is 5.07. The van der Waals surface area contributed by atoms with Crippen molar-refractivity contribution >= 4 is 0 Å². The van der Waals surface area contributed by atoms with Crippen LogP contribution >= 0.6 is 0 Å². The van der Waals surface area contributed by atoms with Crippen molar-refractivity contribution in [3.8, 4) is 0 Å². The summed E-state index contributed by atoms with van der Waals surface area (Å²) in [5.74, 6) is 0. The molecule has 96 valence electrons. The minimum absolute atomic E-state index is 0.00222. The van der Waals surface area contributed by atoms with Gasteiger partial charge in [-0.1, -0.05) is 17.7 Å². The summed E-state index contributed by atoms with van der Waals surface area (Å²) in [6.45, 7) is 6.45. The van der Waals surface area contributed by atoms with Crippen molar-refractivity contribution in [1.29, 1.82) is 0 Å². The maximum Gasteiger partial charge on any atom is 0.0551 e. The van der Waals surface area contributed by atoms with E-state index in [1.54, 1.807) is 6.20 Å². The molecule has 0 fully saturated rings. The van der Waals surface area contributed by atoms with E-state index in [2.05, 4.69) is 38.0 Å². The van der Waals surface area contributed by atoms with E-state index in [1.807, 2.05) is 17.8 Å². The third-order valence-corrected chi connectivity index (χ3v) is 3.50. The Hall–Kier alpha value is -1.61. The molecule has 2 N–H and O–H groups in total. The lowest BCUT2D eigenvalue weighted by Gasteiger charge is -2.16. The first-order valence-corrected chi connectivity index (χ1v) is 6.29. The van der Waals surface area contributed by atoms with Crippen molar-refractivity contribution in [1.82, 2.24) is 9.78 Å². The van der Waals surface area contributed by atoms with E-state index in [-0.39, 0.29) is 6.04 Å². The second kappa shape index (κ2) is 4.94. The Morgan fingerprint density at radius 1 is 1.22 bits per heavy atom. The van der Waals surface area contributed by atoms with E-state index in [9.17, 15) is 0 Å². The maximum absolute atomic E-state index is 6.29. The monoisotopic (exact) mass is 243 g/mol. The van der Waals surface area contributed by atoms with Crippen molar-refractivity contribution in [3.05, 3.63) is 52.3 Å². The fraction of sp³-hybridized carbons (Fsp3) is 0.400. The van der Waals surface area contributed by atoms with Gasteiger partial charge < -0.3 is 5.73 Å². The van der Waals surface area contributed by atoms with Crippen LogP contribution in [0.2, 0.25) is 0 Å². The van der Waals surface area contributed by atoms with Crippen molar-refractivity contribution < 1.29 is 0 Å². The summed E-state index contributed by atoms with van der Waals surface area (Å²) in [5.41, 5.74) is 12.7. The Morgan fingerprint density at radius 2 is 1.83 bits per heavy atom. The Kier molecular flexibility index (Phi) is 3.53. The Labute approximate surface area is 109 Å². The molecule has 2 aromatic rings. The SMILES string of the molecule is Cc1cc(C)c(CC(N)c2ccnn2C)c(C)c1. The largest absolute Gasteiger partial charge is 0.322 e. The fourth-order valence-electron chi connectivity index (χ4n) is 2.60. The van der Waals surface area contributed by atoms with Crippen molar-refractivity contribution in [2.24, 2.45) is 12.8 Å². The molecule has 0 saturated carbocycles. The average Bonchev–Trinajstić information content (AvgIpc) is 2.69. The third kappa shape index (κ3) is 2.46. The summed E-state index contributed by atoms with van der Waals surface area (Å²) >= 11 is 0. The van der Waals surface area contributed by atoms with Crippen LogP contribution in [0.4, 0.5) is 0 Å². The van der Waals surface area contributed by atoms with E-state index >= 15 is 0 Å². The van der Waals surface area contributed by atoms with Crippen molar-refractivity contribution in [2.45, 2.75) is 33.2 Å². The molecule has 0 amide bonds. The van der Waals surface area contributed by atoms with Gasteiger partial charge in [-0.15, -0.1) is 0 Å². The molecule has 0 aliphatic carbocycles. The zero-order valence-corrected chi connectivity index (χ0v) is 11.6. The number of nitrogens with two attached hydrogens (primary N) is 1. The Morgan fingerprint density at radius 3 is 2.33 bits per heavy atom. The van der Waals surface area contributed by atoms with Gasteiger partial charge in [0.25, 0.3) is 0 Å². The van der Waals surface area contributed by atoms with Crippen molar-refractivity contribution in [2.75, 3.05) is 0 Å². The molecular weight excluding hydrogens is 222 g/mol. The van der Waals surface area contributed by atoms with Crippen LogP contribution in [0, 0.1) is 20.8 Å².